The van der Waals surface area contributed by atoms with Crippen molar-refractivity contribution >= 4 is 53.0 Å². The monoisotopic (exact) mass is 433 g/mol. The zero-order chi connectivity index (χ0) is 20.7. The van der Waals surface area contributed by atoms with Crippen LogP contribution in [0.4, 0.5) is 5.82 Å². The Kier molecular flexibility index (Phi) is 4.95. The maximum absolute atomic E-state index is 6.54. The molecule has 3 aromatic rings. The Hall–Kier alpha value is -2.51. The van der Waals surface area contributed by atoms with Crippen molar-refractivity contribution in [3.63, 3.8) is 0 Å². The summed E-state index contributed by atoms with van der Waals surface area (Å²) in [5, 5.41) is 4.56. The van der Waals surface area contributed by atoms with Crippen LogP contribution in [-0.2, 0) is 10.5 Å². The number of fused-ring (bicyclic) bond motifs is 3. The van der Waals surface area contributed by atoms with Crippen molar-refractivity contribution in [2.45, 2.75) is 23.8 Å². The number of nitrogens with two attached hydrogens (primary N) is 1. The Morgan fingerprint density at radius 2 is 2.00 bits per heavy atom. The lowest BCUT2D eigenvalue weighted by Gasteiger charge is -2.21. The molecule has 1 aliphatic carbocycles. The first-order chi connectivity index (χ1) is 14.6. The van der Waals surface area contributed by atoms with E-state index in [9.17, 15) is 0 Å². The number of hydrogen-bond acceptors (Lipinski definition) is 6. The van der Waals surface area contributed by atoms with Gasteiger partial charge in [-0.25, -0.2) is 4.98 Å². The molecule has 0 amide bonds. The lowest BCUT2D eigenvalue weighted by atomic mass is 10.1. The normalized spacial score (nSPS) is 18.3. The molecule has 1 aromatic carbocycles. The third-order valence-corrected chi connectivity index (χ3v) is 9.27. The Balaban J connectivity index is 1.58. The first-order valence-electron chi connectivity index (χ1n) is 9.98. The summed E-state index contributed by atoms with van der Waals surface area (Å²) in [5.41, 5.74) is 13.6. The summed E-state index contributed by atoms with van der Waals surface area (Å²) in [4.78, 5) is 9.31. The van der Waals surface area contributed by atoms with E-state index in [0.29, 0.717) is 0 Å². The largest absolute Gasteiger partial charge is 0.383 e. The molecule has 2 aliphatic rings. The third-order valence-electron chi connectivity index (χ3n) is 5.76. The van der Waals surface area contributed by atoms with Crippen molar-refractivity contribution in [2.24, 2.45) is 4.99 Å². The molecule has 1 saturated heterocycles. The molecule has 3 heterocycles. The SMILES string of the molecule is C=NC(=CC=C(C)c1cnn2c(N)c3c(nc12)C1(CC3)SCCS1)c1ccccc1. The van der Waals surface area contributed by atoms with Gasteiger partial charge in [0.15, 0.2) is 5.65 Å². The molecule has 0 atom stereocenters. The standard InChI is InChI=1S/C23H23N5S2/c1-15(8-9-19(25-2)16-6-4-3-5-7-16)18-14-26-28-21(24)17-10-11-23(29-12-13-30-23)20(17)27-22(18)28/h3-9,14H,2,10-13,24H2,1H3. The van der Waals surface area contributed by atoms with Crippen LogP contribution in [0.25, 0.3) is 16.9 Å². The van der Waals surface area contributed by atoms with Gasteiger partial charge >= 0.3 is 0 Å². The van der Waals surface area contributed by atoms with Crippen molar-refractivity contribution < 1.29 is 0 Å². The molecule has 1 aliphatic heterocycles. The minimum absolute atomic E-state index is 0.0670. The number of hydrogen-bond donors (Lipinski definition) is 1. The molecule has 1 fully saturated rings. The Labute approximate surface area is 184 Å². The smallest absolute Gasteiger partial charge is 0.165 e. The van der Waals surface area contributed by atoms with Gasteiger partial charge in [-0.1, -0.05) is 36.4 Å². The maximum Gasteiger partial charge on any atom is 0.165 e. The van der Waals surface area contributed by atoms with E-state index in [2.05, 4.69) is 23.7 Å². The zero-order valence-corrected chi connectivity index (χ0v) is 18.5. The molecule has 1 spiro atoms. The average Bonchev–Trinajstić information content (AvgIpc) is 3.50. The van der Waals surface area contributed by atoms with Gasteiger partial charge in [-0.05, 0) is 38.1 Å². The van der Waals surface area contributed by atoms with E-state index in [1.807, 2.05) is 72.2 Å². The lowest BCUT2D eigenvalue weighted by Crippen LogP contribution is -2.14. The average molecular weight is 434 g/mol. The van der Waals surface area contributed by atoms with Gasteiger partial charge in [0.1, 0.15) is 9.90 Å². The highest BCUT2D eigenvalue weighted by Crippen LogP contribution is 2.59. The van der Waals surface area contributed by atoms with Crippen LogP contribution in [0.5, 0.6) is 0 Å². The zero-order valence-electron chi connectivity index (χ0n) is 16.8. The van der Waals surface area contributed by atoms with E-state index >= 15 is 0 Å². The summed E-state index contributed by atoms with van der Waals surface area (Å²) in [5.74, 6) is 3.07. The number of anilines is 1. The molecule has 0 radical (unpaired) electrons. The molecule has 2 aromatic heterocycles. The lowest BCUT2D eigenvalue weighted by molar-refractivity contribution is 0.830. The van der Waals surface area contributed by atoms with Crippen molar-refractivity contribution in [1.82, 2.24) is 14.6 Å². The van der Waals surface area contributed by atoms with E-state index < -0.39 is 0 Å². The van der Waals surface area contributed by atoms with Crippen molar-refractivity contribution in [3.8, 4) is 0 Å². The number of thioether (sulfide) groups is 2. The van der Waals surface area contributed by atoms with Crippen LogP contribution in [0.2, 0.25) is 0 Å². The molecule has 0 unspecified atom stereocenters. The third kappa shape index (κ3) is 3.08. The highest BCUT2D eigenvalue weighted by molar-refractivity contribution is 8.20. The van der Waals surface area contributed by atoms with Gasteiger partial charge in [0, 0.05) is 28.2 Å². The number of benzene rings is 1. The van der Waals surface area contributed by atoms with Crippen LogP contribution in [0.15, 0.2) is 53.7 Å². The number of aliphatic imine (C=N–C) groups is 1. The van der Waals surface area contributed by atoms with Gasteiger partial charge in [-0.15, -0.1) is 23.5 Å². The van der Waals surface area contributed by atoms with Gasteiger partial charge in [-0.2, -0.15) is 9.61 Å². The summed E-state index contributed by atoms with van der Waals surface area (Å²) < 4.78 is 1.86. The fourth-order valence-corrected chi connectivity index (χ4v) is 7.44. The fraction of sp³-hybridized carbons (Fsp3) is 0.261. The van der Waals surface area contributed by atoms with Crippen LogP contribution >= 0.6 is 23.5 Å². The second-order valence-corrected chi connectivity index (χ2v) is 10.5. The maximum atomic E-state index is 6.54. The van der Waals surface area contributed by atoms with E-state index in [1.54, 1.807) is 4.52 Å². The molecular formula is C23H23N5S2. The highest BCUT2D eigenvalue weighted by Gasteiger charge is 2.45. The van der Waals surface area contributed by atoms with Crippen LogP contribution in [0.3, 0.4) is 0 Å². The molecule has 5 nitrogen and oxygen atoms in total. The molecule has 30 heavy (non-hydrogen) atoms. The number of nitrogens with zero attached hydrogens (tertiary/aromatic N) is 4. The van der Waals surface area contributed by atoms with Gasteiger partial charge in [0.05, 0.1) is 17.6 Å². The van der Waals surface area contributed by atoms with Crippen molar-refractivity contribution in [3.05, 3.63) is 71.1 Å². The van der Waals surface area contributed by atoms with Gasteiger partial charge < -0.3 is 5.73 Å². The number of allylic oxidation sites excluding steroid dienone is 3. The summed E-state index contributed by atoms with van der Waals surface area (Å²) in [6.07, 6.45) is 7.97. The minimum Gasteiger partial charge on any atom is -0.383 e. The quantitative estimate of drug-likeness (QED) is 0.461. The van der Waals surface area contributed by atoms with Crippen LogP contribution in [0.1, 0.15) is 35.7 Å². The first-order valence-corrected chi connectivity index (χ1v) is 12.0. The highest BCUT2D eigenvalue weighted by atomic mass is 32.2. The van der Waals surface area contributed by atoms with E-state index in [0.717, 1.165) is 52.4 Å². The number of aromatic nitrogens is 3. The molecule has 5 rings (SSSR count). The molecule has 0 bridgehead atoms. The first kappa shape index (κ1) is 19.5. The van der Waals surface area contributed by atoms with Gasteiger partial charge in [-0.3, -0.25) is 4.99 Å². The minimum atomic E-state index is 0.0670. The Morgan fingerprint density at radius 3 is 2.73 bits per heavy atom. The van der Waals surface area contributed by atoms with Gasteiger partial charge in [0.25, 0.3) is 0 Å². The molecule has 152 valence electrons. The fourth-order valence-electron chi connectivity index (χ4n) is 4.17. The second kappa shape index (κ2) is 7.63. The molecule has 2 N–H and O–H groups in total. The van der Waals surface area contributed by atoms with E-state index in [4.69, 9.17) is 10.7 Å². The molecular weight excluding hydrogens is 410 g/mol. The second-order valence-electron chi connectivity index (χ2n) is 7.49. The van der Waals surface area contributed by atoms with E-state index in [-0.39, 0.29) is 4.08 Å². The predicted octanol–water partition coefficient (Wildman–Crippen LogP) is 5.04. The Bertz CT molecular complexity index is 1190. The Morgan fingerprint density at radius 1 is 1.23 bits per heavy atom. The topological polar surface area (TPSA) is 68.6 Å². The number of nitrogen functional groups attached to an aromatic ring is 1. The van der Waals surface area contributed by atoms with Gasteiger partial charge in [0.2, 0.25) is 0 Å². The van der Waals surface area contributed by atoms with Crippen LogP contribution in [-0.4, -0.2) is 32.8 Å². The summed E-state index contributed by atoms with van der Waals surface area (Å²) in [7, 11) is 0. The predicted molar refractivity (Wildman–Crippen MR) is 130 cm³/mol. The van der Waals surface area contributed by atoms with Crippen LogP contribution < -0.4 is 5.73 Å². The van der Waals surface area contributed by atoms with E-state index in [1.165, 1.54) is 17.1 Å². The summed E-state index contributed by atoms with van der Waals surface area (Å²) >= 11 is 4.03. The molecule has 0 saturated carbocycles. The van der Waals surface area contributed by atoms with Crippen molar-refractivity contribution in [2.75, 3.05) is 17.2 Å². The molecule has 7 heteroatoms. The van der Waals surface area contributed by atoms with Crippen molar-refractivity contribution in [1.29, 1.82) is 0 Å². The summed E-state index contributed by atoms with van der Waals surface area (Å²) in [6, 6.07) is 10.0. The summed E-state index contributed by atoms with van der Waals surface area (Å²) in [6.45, 7) is 5.79. The van der Waals surface area contributed by atoms with Crippen LogP contribution in [0, 0.1) is 0 Å². The number of rotatable bonds is 4.